The fourth-order valence-electron chi connectivity index (χ4n) is 4.19. The van der Waals surface area contributed by atoms with Crippen molar-refractivity contribution >= 4 is 30.6 Å². The molecule has 2 aliphatic rings. The molecular formula is C21H17BN2O6. The summed E-state index contributed by atoms with van der Waals surface area (Å²) in [4.78, 5) is 41.3. The lowest BCUT2D eigenvalue weighted by Gasteiger charge is -2.31. The second kappa shape index (κ2) is 6.27. The first kappa shape index (κ1) is 18.6. The van der Waals surface area contributed by atoms with Crippen LogP contribution in [0.15, 0.2) is 35.1 Å². The lowest BCUT2D eigenvalue weighted by atomic mass is 9.86. The molecular weight excluding hydrogens is 387 g/mol. The summed E-state index contributed by atoms with van der Waals surface area (Å²) in [5.74, 6) is -0.735. The second-order valence-electron chi connectivity index (χ2n) is 7.55. The Labute approximate surface area is 171 Å². The molecule has 0 unspecified atom stereocenters. The Hall–Kier alpha value is -3.46. The Bertz CT molecular complexity index is 1330. The van der Waals surface area contributed by atoms with Crippen molar-refractivity contribution < 1.29 is 24.2 Å². The molecule has 9 heteroatoms. The van der Waals surface area contributed by atoms with E-state index in [4.69, 9.17) is 14.5 Å². The number of aromatic nitrogens is 2. The lowest BCUT2D eigenvalue weighted by Crippen LogP contribution is -2.44. The van der Waals surface area contributed by atoms with Crippen LogP contribution >= 0.6 is 0 Å². The molecule has 0 amide bonds. The number of hydrogen-bond acceptors (Lipinski definition) is 7. The quantitative estimate of drug-likeness (QED) is 0.395. The van der Waals surface area contributed by atoms with Crippen molar-refractivity contribution in [3.8, 4) is 17.1 Å². The van der Waals surface area contributed by atoms with E-state index in [0.29, 0.717) is 29.2 Å². The van der Waals surface area contributed by atoms with Crippen molar-refractivity contribution in [2.75, 3.05) is 0 Å². The number of benzene rings is 1. The molecule has 0 radical (unpaired) electrons. The van der Waals surface area contributed by atoms with Gasteiger partial charge in [0.15, 0.2) is 5.60 Å². The van der Waals surface area contributed by atoms with E-state index >= 15 is 0 Å². The maximum Gasteiger partial charge on any atom is 0.343 e. The van der Waals surface area contributed by atoms with Gasteiger partial charge in [0.2, 0.25) is 13.7 Å². The van der Waals surface area contributed by atoms with Crippen molar-refractivity contribution in [1.29, 1.82) is 0 Å². The van der Waals surface area contributed by atoms with Gasteiger partial charge in [0.25, 0.3) is 5.56 Å². The molecule has 8 nitrogen and oxygen atoms in total. The number of nitrogens with zero attached hydrogens (tertiary/aromatic N) is 2. The third kappa shape index (κ3) is 2.52. The Balaban J connectivity index is 1.70. The highest BCUT2D eigenvalue weighted by atomic mass is 16.6. The molecule has 3 aromatic rings. The van der Waals surface area contributed by atoms with E-state index in [9.17, 15) is 19.5 Å². The molecule has 1 N–H and O–H groups in total. The molecule has 0 bridgehead atoms. The van der Waals surface area contributed by atoms with Gasteiger partial charge in [-0.25, -0.2) is 9.78 Å². The maximum absolute atomic E-state index is 13.1. The van der Waals surface area contributed by atoms with E-state index in [1.165, 1.54) is 7.85 Å². The number of carbonyl (C=O) groups excluding carboxylic acids is 2. The smallest absolute Gasteiger partial charge is 0.343 e. The zero-order chi connectivity index (χ0) is 21.2. The Morgan fingerprint density at radius 2 is 2.13 bits per heavy atom. The average molecular weight is 404 g/mol. The van der Waals surface area contributed by atoms with Gasteiger partial charge in [-0.2, -0.15) is 0 Å². The highest BCUT2D eigenvalue weighted by Gasteiger charge is 2.45. The minimum atomic E-state index is -1.85. The van der Waals surface area contributed by atoms with Gasteiger partial charge >= 0.3 is 5.97 Å². The van der Waals surface area contributed by atoms with Crippen LogP contribution in [0.2, 0.25) is 0 Å². The highest BCUT2D eigenvalue weighted by molar-refractivity contribution is 6.55. The monoisotopic (exact) mass is 404 g/mol. The Kier molecular flexibility index (Phi) is 3.88. The molecule has 4 heterocycles. The lowest BCUT2D eigenvalue weighted by molar-refractivity contribution is -0.172. The molecule has 0 fully saturated rings. The van der Waals surface area contributed by atoms with Crippen LogP contribution in [0.3, 0.4) is 0 Å². The molecule has 0 spiro atoms. The number of rotatable bonds is 2. The van der Waals surface area contributed by atoms with Crippen molar-refractivity contribution in [1.82, 2.24) is 9.55 Å². The van der Waals surface area contributed by atoms with Gasteiger partial charge in [-0.1, -0.05) is 6.92 Å². The maximum atomic E-state index is 13.1. The largest absolute Gasteiger partial charge is 0.458 e. The third-order valence-corrected chi connectivity index (χ3v) is 5.74. The molecule has 5 rings (SSSR count). The Morgan fingerprint density at radius 3 is 2.87 bits per heavy atom. The van der Waals surface area contributed by atoms with Gasteiger partial charge in [-0.05, 0) is 36.8 Å². The summed E-state index contributed by atoms with van der Waals surface area (Å²) in [6.45, 7) is 1.82. The number of ether oxygens (including phenoxy) is 2. The summed E-state index contributed by atoms with van der Waals surface area (Å²) < 4.78 is 11.8. The Morgan fingerprint density at radius 1 is 1.33 bits per heavy atom. The van der Waals surface area contributed by atoms with E-state index in [1.54, 1.807) is 35.8 Å². The average Bonchev–Trinajstić information content (AvgIpc) is 3.07. The second-order valence-corrected chi connectivity index (χ2v) is 7.55. The van der Waals surface area contributed by atoms with Gasteiger partial charge in [-0.3, -0.25) is 9.59 Å². The summed E-state index contributed by atoms with van der Waals surface area (Å²) in [5, 5.41) is 11.7. The predicted octanol–water partition coefficient (Wildman–Crippen LogP) is 1.21. The minimum Gasteiger partial charge on any atom is -0.458 e. The van der Waals surface area contributed by atoms with Gasteiger partial charge < -0.3 is 19.1 Å². The fraction of sp³-hybridized carbons (Fsp3) is 0.238. The third-order valence-electron chi connectivity index (χ3n) is 5.74. The van der Waals surface area contributed by atoms with E-state index < -0.39 is 17.4 Å². The molecule has 30 heavy (non-hydrogen) atoms. The number of carbonyl (C=O) groups is 2. The van der Waals surface area contributed by atoms with E-state index in [1.807, 2.05) is 6.07 Å². The van der Waals surface area contributed by atoms with Gasteiger partial charge in [-0.15, -0.1) is 0 Å². The van der Waals surface area contributed by atoms with Gasteiger partial charge in [0, 0.05) is 16.5 Å². The van der Waals surface area contributed by atoms with Crippen LogP contribution in [0.4, 0.5) is 4.79 Å². The predicted molar refractivity (Wildman–Crippen MR) is 109 cm³/mol. The fourth-order valence-corrected chi connectivity index (χ4v) is 4.19. The van der Waals surface area contributed by atoms with Crippen LogP contribution < -0.4 is 10.3 Å². The summed E-state index contributed by atoms with van der Waals surface area (Å²) in [5.41, 5.74) is 1.11. The van der Waals surface area contributed by atoms with Gasteiger partial charge in [0.05, 0.1) is 29.0 Å². The van der Waals surface area contributed by atoms with Crippen LogP contribution in [-0.2, 0) is 28.3 Å². The molecule has 2 aromatic heterocycles. The number of aliphatic hydroxyl groups is 1. The van der Waals surface area contributed by atoms with Crippen LogP contribution in [0.5, 0.6) is 5.75 Å². The zero-order valence-electron chi connectivity index (χ0n) is 16.4. The molecule has 1 atom stereocenters. The topological polar surface area (TPSA) is 108 Å². The molecule has 0 aliphatic carbocycles. The molecule has 0 saturated carbocycles. The molecule has 2 aliphatic heterocycles. The summed E-state index contributed by atoms with van der Waals surface area (Å²) in [7, 11) is 1.34. The first-order valence-electron chi connectivity index (χ1n) is 9.61. The standard InChI is InChI=1S/C21H17BN2O6/c1-2-21(28)14-7-16-17-11(8-24(16)18(25)13(14)9-29-19(21)26)5-10-6-12(30-20(22)27)3-4-15(10)23-17/h3-7,28H,2,8-9,22H2,1H3/t21-/m0/s1. The van der Waals surface area contributed by atoms with E-state index in [-0.39, 0.29) is 29.7 Å². The summed E-state index contributed by atoms with van der Waals surface area (Å²) in [6.07, 6.45) is 0.0959. The highest BCUT2D eigenvalue weighted by Crippen LogP contribution is 2.38. The van der Waals surface area contributed by atoms with Crippen molar-refractivity contribution in [3.63, 3.8) is 0 Å². The van der Waals surface area contributed by atoms with E-state index in [2.05, 4.69) is 0 Å². The first-order chi connectivity index (χ1) is 14.3. The van der Waals surface area contributed by atoms with Crippen molar-refractivity contribution in [3.05, 3.63) is 57.4 Å². The van der Waals surface area contributed by atoms with Crippen LogP contribution in [0.1, 0.15) is 30.0 Å². The SMILES string of the molecule is BC(=O)Oc1ccc2nc3c(cc2c1)Cn1c-3cc2c(c1=O)COC(=O)[C@]2(O)CC. The number of hydrogen-bond donors (Lipinski definition) is 1. The molecule has 0 saturated heterocycles. The van der Waals surface area contributed by atoms with Gasteiger partial charge in [0.1, 0.15) is 12.4 Å². The number of fused-ring (bicyclic) bond motifs is 5. The van der Waals surface area contributed by atoms with Crippen molar-refractivity contribution in [2.24, 2.45) is 0 Å². The minimum absolute atomic E-state index is 0.0959. The summed E-state index contributed by atoms with van der Waals surface area (Å²) >= 11 is 0. The number of pyridine rings is 2. The zero-order valence-corrected chi connectivity index (χ0v) is 16.4. The van der Waals surface area contributed by atoms with Crippen LogP contribution in [-0.4, -0.2) is 34.3 Å². The molecule has 150 valence electrons. The normalized spacial score (nSPS) is 19.1. The van der Waals surface area contributed by atoms with Crippen LogP contribution in [0, 0.1) is 0 Å². The number of esters is 1. The number of cyclic esters (lactones) is 1. The first-order valence-corrected chi connectivity index (χ1v) is 9.61. The van der Waals surface area contributed by atoms with Crippen LogP contribution in [0.25, 0.3) is 22.3 Å². The van der Waals surface area contributed by atoms with Crippen molar-refractivity contribution in [2.45, 2.75) is 32.1 Å². The van der Waals surface area contributed by atoms with E-state index in [0.717, 1.165) is 10.9 Å². The summed E-state index contributed by atoms with van der Waals surface area (Å²) in [6, 6.07) is 8.71. The molecule has 1 aromatic carbocycles.